The van der Waals surface area contributed by atoms with Gasteiger partial charge in [0.1, 0.15) is 47.8 Å². The maximum Gasteiger partial charge on any atom is 0.229 e. The summed E-state index contributed by atoms with van der Waals surface area (Å²) in [5.41, 5.74) is 0.711. The van der Waals surface area contributed by atoms with Crippen molar-refractivity contribution in [1.82, 2.24) is 0 Å². The number of hydrogen-bond donors (Lipinski definition) is 8. The summed E-state index contributed by atoms with van der Waals surface area (Å²) in [5, 5.41) is 79.6. The number of aliphatic hydroxyl groups is 5. The van der Waals surface area contributed by atoms with Crippen molar-refractivity contribution in [3.8, 4) is 28.7 Å². The van der Waals surface area contributed by atoms with Crippen molar-refractivity contribution in [2.24, 2.45) is 0 Å². The minimum atomic E-state index is -1.65. The van der Waals surface area contributed by atoms with Crippen LogP contribution in [0.15, 0.2) is 30.3 Å². The van der Waals surface area contributed by atoms with Crippen molar-refractivity contribution in [2.75, 3.05) is 6.61 Å². The van der Waals surface area contributed by atoms with Gasteiger partial charge in [-0.1, -0.05) is 6.07 Å². The molecule has 1 saturated heterocycles. The van der Waals surface area contributed by atoms with Gasteiger partial charge >= 0.3 is 0 Å². The van der Waals surface area contributed by atoms with Crippen LogP contribution in [0.5, 0.6) is 28.7 Å². The molecule has 11 heteroatoms. The summed E-state index contributed by atoms with van der Waals surface area (Å²) in [5.74, 6) is -0.732. The Morgan fingerprint density at radius 1 is 0.906 bits per heavy atom. The molecule has 1 fully saturated rings. The zero-order valence-electron chi connectivity index (χ0n) is 16.6. The predicted molar refractivity (Wildman–Crippen MR) is 105 cm³/mol. The number of benzene rings is 2. The molecule has 0 unspecified atom stereocenters. The summed E-state index contributed by atoms with van der Waals surface area (Å²) in [7, 11) is 0. The van der Waals surface area contributed by atoms with Gasteiger partial charge in [-0.2, -0.15) is 0 Å². The monoisotopic (exact) mass is 452 g/mol. The third kappa shape index (κ3) is 4.01. The molecule has 2 heterocycles. The van der Waals surface area contributed by atoms with Crippen molar-refractivity contribution in [2.45, 2.75) is 49.3 Å². The van der Waals surface area contributed by atoms with Gasteiger partial charge in [0.2, 0.25) is 6.29 Å². The van der Waals surface area contributed by atoms with Crippen LogP contribution in [0.3, 0.4) is 0 Å². The molecular formula is C21H24O11. The third-order valence-corrected chi connectivity index (χ3v) is 5.59. The lowest BCUT2D eigenvalue weighted by Crippen LogP contribution is -2.60. The van der Waals surface area contributed by atoms with Crippen LogP contribution in [0.2, 0.25) is 0 Å². The first-order valence-corrected chi connectivity index (χ1v) is 9.89. The minimum Gasteiger partial charge on any atom is -0.508 e. The van der Waals surface area contributed by atoms with Gasteiger partial charge < -0.3 is 55.1 Å². The highest BCUT2D eigenvalue weighted by molar-refractivity contribution is 5.52. The van der Waals surface area contributed by atoms with Crippen LogP contribution < -0.4 is 9.47 Å². The fourth-order valence-electron chi connectivity index (χ4n) is 3.85. The zero-order valence-corrected chi connectivity index (χ0v) is 16.6. The van der Waals surface area contributed by atoms with Gasteiger partial charge in [-0.15, -0.1) is 0 Å². The molecule has 2 aliphatic heterocycles. The maximum absolute atomic E-state index is 10.5. The van der Waals surface area contributed by atoms with E-state index in [9.17, 15) is 40.9 Å². The molecule has 0 radical (unpaired) electrons. The molecule has 0 amide bonds. The first-order chi connectivity index (χ1) is 15.2. The SMILES string of the molecule is OC[C@@H]1O[C@H](Oc2ccc([C@H]3Oc4cc(O)cc(O)c4C[C@@H]3O)cc2O)[C@@H](O)[C@@H](O)[C@H]1O. The molecule has 2 aromatic carbocycles. The van der Waals surface area contributed by atoms with E-state index in [2.05, 4.69) is 0 Å². The molecule has 2 aromatic rings. The molecule has 2 aliphatic rings. The van der Waals surface area contributed by atoms with Gasteiger partial charge in [0.15, 0.2) is 11.5 Å². The van der Waals surface area contributed by atoms with Crippen molar-refractivity contribution in [3.05, 3.63) is 41.5 Å². The number of ether oxygens (including phenoxy) is 3. The molecule has 4 rings (SSSR count). The number of aliphatic hydroxyl groups excluding tert-OH is 5. The van der Waals surface area contributed by atoms with Crippen molar-refractivity contribution in [3.63, 3.8) is 0 Å². The van der Waals surface area contributed by atoms with Gasteiger partial charge in [-0.25, -0.2) is 0 Å². The minimum absolute atomic E-state index is 0.0516. The number of hydrogen-bond acceptors (Lipinski definition) is 11. The molecule has 0 spiro atoms. The summed E-state index contributed by atoms with van der Waals surface area (Å²) >= 11 is 0. The molecule has 174 valence electrons. The van der Waals surface area contributed by atoms with Crippen LogP contribution in [0.4, 0.5) is 0 Å². The van der Waals surface area contributed by atoms with Crippen molar-refractivity contribution >= 4 is 0 Å². The number of phenolic OH excluding ortho intramolecular Hbond substituents is 3. The molecule has 7 atom stereocenters. The molecule has 0 aliphatic carbocycles. The van der Waals surface area contributed by atoms with E-state index in [0.717, 1.165) is 6.07 Å². The Bertz CT molecular complexity index is 978. The largest absolute Gasteiger partial charge is 0.508 e. The Kier molecular flexibility index (Phi) is 6.03. The predicted octanol–water partition coefficient (Wildman–Crippen LogP) is -0.981. The lowest BCUT2D eigenvalue weighted by molar-refractivity contribution is -0.277. The highest BCUT2D eigenvalue weighted by atomic mass is 16.7. The average Bonchev–Trinajstić information content (AvgIpc) is 2.75. The first kappa shape index (κ1) is 22.4. The average molecular weight is 452 g/mol. The first-order valence-electron chi connectivity index (χ1n) is 9.89. The van der Waals surface area contributed by atoms with Crippen LogP contribution in [0, 0.1) is 0 Å². The fourth-order valence-corrected chi connectivity index (χ4v) is 3.85. The number of phenols is 3. The topological polar surface area (TPSA) is 190 Å². The Balaban J connectivity index is 1.53. The summed E-state index contributed by atoms with van der Waals surface area (Å²) in [4.78, 5) is 0. The van der Waals surface area contributed by atoms with Crippen LogP contribution in [-0.2, 0) is 11.2 Å². The van der Waals surface area contributed by atoms with E-state index in [4.69, 9.17) is 14.2 Å². The van der Waals surface area contributed by atoms with E-state index in [-0.39, 0.29) is 35.2 Å². The second-order valence-corrected chi connectivity index (χ2v) is 7.79. The Morgan fingerprint density at radius 3 is 2.34 bits per heavy atom. The maximum atomic E-state index is 10.5. The molecule has 0 saturated carbocycles. The number of aromatic hydroxyl groups is 3. The van der Waals surface area contributed by atoms with Gasteiger partial charge in [0.05, 0.1) is 12.7 Å². The summed E-state index contributed by atoms with van der Waals surface area (Å²) < 4.78 is 16.4. The molecule has 0 aromatic heterocycles. The number of fused-ring (bicyclic) bond motifs is 1. The van der Waals surface area contributed by atoms with Gasteiger partial charge in [0, 0.05) is 24.1 Å². The molecule has 11 nitrogen and oxygen atoms in total. The second kappa shape index (κ2) is 8.62. The van der Waals surface area contributed by atoms with Crippen LogP contribution in [0.1, 0.15) is 17.2 Å². The van der Waals surface area contributed by atoms with E-state index in [0.29, 0.717) is 11.1 Å². The smallest absolute Gasteiger partial charge is 0.229 e. The van der Waals surface area contributed by atoms with Gasteiger partial charge in [0.25, 0.3) is 0 Å². The third-order valence-electron chi connectivity index (χ3n) is 5.59. The second-order valence-electron chi connectivity index (χ2n) is 7.79. The normalized spacial score (nSPS) is 32.1. The van der Waals surface area contributed by atoms with Crippen molar-refractivity contribution < 1.29 is 55.1 Å². The molecule has 32 heavy (non-hydrogen) atoms. The summed E-state index contributed by atoms with van der Waals surface area (Å²) in [6.07, 6.45) is -9.40. The summed E-state index contributed by atoms with van der Waals surface area (Å²) in [6.45, 7) is -0.626. The molecular weight excluding hydrogens is 428 g/mol. The zero-order chi connectivity index (χ0) is 23.2. The molecule has 0 bridgehead atoms. The van der Waals surface area contributed by atoms with Crippen LogP contribution >= 0.6 is 0 Å². The fraction of sp³-hybridized carbons (Fsp3) is 0.429. The highest BCUT2D eigenvalue weighted by Gasteiger charge is 2.45. The Labute approximate surface area is 181 Å². The lowest BCUT2D eigenvalue weighted by atomic mass is 9.94. The van der Waals surface area contributed by atoms with E-state index < -0.39 is 49.5 Å². The van der Waals surface area contributed by atoms with Crippen LogP contribution in [0.25, 0.3) is 0 Å². The van der Waals surface area contributed by atoms with E-state index in [1.165, 1.54) is 24.3 Å². The van der Waals surface area contributed by atoms with Gasteiger partial charge in [-0.3, -0.25) is 0 Å². The van der Waals surface area contributed by atoms with Crippen LogP contribution in [-0.4, -0.2) is 84.3 Å². The highest BCUT2D eigenvalue weighted by Crippen LogP contribution is 2.43. The number of rotatable bonds is 4. The summed E-state index contributed by atoms with van der Waals surface area (Å²) in [6, 6.07) is 6.54. The Morgan fingerprint density at radius 2 is 1.66 bits per heavy atom. The lowest BCUT2D eigenvalue weighted by Gasteiger charge is -2.39. The standard InChI is InChI=1S/C21H24O11/c22-7-16-17(27)18(28)19(29)21(32-16)31-14-2-1-8(3-12(14)25)20-13(26)6-10-11(24)4-9(23)5-15(10)30-20/h1-5,13,16-29H,6-7H2/t13-,16-,17-,18-,19-,20+,21-/m0/s1. The Hall–Kier alpha value is -2.80. The quantitative estimate of drug-likeness (QED) is 0.285. The van der Waals surface area contributed by atoms with E-state index in [1.807, 2.05) is 0 Å². The van der Waals surface area contributed by atoms with Gasteiger partial charge in [-0.05, 0) is 17.7 Å². The van der Waals surface area contributed by atoms with E-state index in [1.54, 1.807) is 0 Å². The van der Waals surface area contributed by atoms with E-state index >= 15 is 0 Å². The van der Waals surface area contributed by atoms with Crippen molar-refractivity contribution in [1.29, 1.82) is 0 Å². The molecule has 8 N–H and O–H groups in total.